The van der Waals surface area contributed by atoms with E-state index in [1.54, 1.807) is 19.9 Å². The third-order valence-corrected chi connectivity index (χ3v) is 4.04. The summed E-state index contributed by atoms with van der Waals surface area (Å²) in [6, 6.07) is 1.77. The van der Waals surface area contributed by atoms with Crippen molar-refractivity contribution in [3.05, 3.63) is 15.8 Å². The van der Waals surface area contributed by atoms with E-state index in [1.165, 1.54) is 0 Å². The molecule has 1 aromatic heterocycles. The van der Waals surface area contributed by atoms with Crippen molar-refractivity contribution in [3.63, 3.8) is 0 Å². The molecule has 0 saturated carbocycles. The Bertz CT molecular complexity index is 480. The van der Waals surface area contributed by atoms with Crippen LogP contribution in [0.25, 0.3) is 0 Å². The summed E-state index contributed by atoms with van der Waals surface area (Å²) in [6.07, 6.45) is 0.988. The largest absolute Gasteiger partial charge is 0.479 e. The van der Waals surface area contributed by atoms with Crippen molar-refractivity contribution in [3.8, 4) is 5.75 Å². The van der Waals surface area contributed by atoms with Gasteiger partial charge in [0, 0.05) is 10.9 Å². The molecule has 1 amide bonds. The van der Waals surface area contributed by atoms with Gasteiger partial charge in [-0.25, -0.2) is 4.79 Å². The Kier molecular flexibility index (Phi) is 6.01. The molecule has 0 fully saturated rings. The predicted molar refractivity (Wildman–Crippen MR) is 78.6 cm³/mol. The molecular weight excluding hydrogens is 278 g/mol. The van der Waals surface area contributed by atoms with Crippen LogP contribution >= 0.6 is 11.3 Å². The highest BCUT2D eigenvalue weighted by atomic mass is 32.1. The smallest absolute Gasteiger partial charge is 0.349 e. The predicted octanol–water partition coefficient (Wildman–Crippen LogP) is 2.83. The minimum absolute atomic E-state index is 0.122. The van der Waals surface area contributed by atoms with Gasteiger partial charge in [-0.1, -0.05) is 13.8 Å². The number of carboxylic acids is 1. The normalized spacial score (nSPS) is 12.2. The van der Waals surface area contributed by atoms with E-state index < -0.39 is 12.1 Å². The van der Waals surface area contributed by atoms with Crippen molar-refractivity contribution >= 4 is 23.2 Å². The minimum Gasteiger partial charge on any atom is -0.479 e. The van der Waals surface area contributed by atoms with E-state index in [4.69, 9.17) is 9.84 Å². The molecule has 0 bridgehead atoms. The van der Waals surface area contributed by atoms with E-state index in [2.05, 4.69) is 5.32 Å². The highest BCUT2D eigenvalue weighted by Gasteiger charge is 2.22. The first-order chi connectivity index (χ1) is 9.38. The van der Waals surface area contributed by atoms with Crippen molar-refractivity contribution in [1.82, 2.24) is 5.32 Å². The van der Waals surface area contributed by atoms with E-state index >= 15 is 0 Å². The summed E-state index contributed by atoms with van der Waals surface area (Å²) >= 11 is 1.14. The Morgan fingerprint density at radius 2 is 2.00 bits per heavy atom. The number of aryl methyl sites for hydroxylation is 1. The summed E-state index contributed by atoms with van der Waals surface area (Å²) < 4.78 is 5.50. The molecule has 20 heavy (non-hydrogen) atoms. The Labute approximate surface area is 123 Å². The van der Waals surface area contributed by atoms with Gasteiger partial charge in [-0.05, 0) is 32.8 Å². The lowest BCUT2D eigenvalue weighted by atomic mass is 10.1. The fourth-order valence-electron chi connectivity index (χ4n) is 1.78. The highest BCUT2D eigenvalue weighted by molar-refractivity contribution is 7.14. The molecule has 0 radical (unpaired) electrons. The van der Waals surface area contributed by atoms with Gasteiger partial charge in [0.15, 0.2) is 11.0 Å². The van der Waals surface area contributed by atoms with Gasteiger partial charge in [-0.3, -0.25) is 4.79 Å². The molecule has 0 saturated heterocycles. The standard InChI is InChI=1S/C14H21NO4S/c1-5-10(6-2)15-13(16)9(4)19-11-7-8(3)20-12(11)14(17)18/h7,9-10H,5-6H2,1-4H3,(H,15,16)(H,17,18). The summed E-state index contributed by atoms with van der Waals surface area (Å²) in [5, 5.41) is 12.0. The van der Waals surface area contributed by atoms with Crippen molar-refractivity contribution in [2.75, 3.05) is 0 Å². The van der Waals surface area contributed by atoms with Gasteiger partial charge in [-0.15, -0.1) is 11.3 Å². The van der Waals surface area contributed by atoms with Crippen LogP contribution in [0.4, 0.5) is 0 Å². The van der Waals surface area contributed by atoms with E-state index in [0.717, 1.165) is 29.1 Å². The zero-order chi connectivity index (χ0) is 15.3. The minimum atomic E-state index is -1.04. The van der Waals surface area contributed by atoms with Crippen LogP contribution in [-0.4, -0.2) is 29.1 Å². The van der Waals surface area contributed by atoms with Crippen molar-refractivity contribution in [2.24, 2.45) is 0 Å². The maximum Gasteiger partial charge on any atom is 0.349 e. The average molecular weight is 299 g/mol. The molecule has 6 heteroatoms. The number of hydrogen-bond acceptors (Lipinski definition) is 4. The number of rotatable bonds is 7. The molecule has 1 atom stereocenters. The zero-order valence-electron chi connectivity index (χ0n) is 12.2. The first-order valence-corrected chi connectivity index (χ1v) is 7.51. The lowest BCUT2D eigenvalue weighted by Crippen LogP contribution is -2.42. The molecule has 1 rings (SSSR count). The second kappa shape index (κ2) is 7.28. The summed E-state index contributed by atoms with van der Waals surface area (Å²) in [6.45, 7) is 7.44. The van der Waals surface area contributed by atoms with Crippen LogP contribution in [0.5, 0.6) is 5.75 Å². The monoisotopic (exact) mass is 299 g/mol. The van der Waals surface area contributed by atoms with E-state index in [-0.39, 0.29) is 22.6 Å². The quantitative estimate of drug-likeness (QED) is 0.811. The lowest BCUT2D eigenvalue weighted by Gasteiger charge is -2.19. The van der Waals surface area contributed by atoms with Crippen LogP contribution in [-0.2, 0) is 4.79 Å². The zero-order valence-corrected chi connectivity index (χ0v) is 13.0. The third-order valence-electron chi connectivity index (χ3n) is 3.02. The molecule has 1 unspecified atom stereocenters. The van der Waals surface area contributed by atoms with Crippen molar-refractivity contribution < 1.29 is 19.4 Å². The molecular formula is C14H21NO4S. The van der Waals surface area contributed by atoms with Gasteiger partial charge >= 0.3 is 5.97 Å². The van der Waals surface area contributed by atoms with E-state index in [0.29, 0.717) is 0 Å². The van der Waals surface area contributed by atoms with Crippen LogP contribution in [0, 0.1) is 6.92 Å². The molecule has 1 heterocycles. The summed E-state index contributed by atoms with van der Waals surface area (Å²) in [5.41, 5.74) is 0. The molecule has 0 spiro atoms. The SMILES string of the molecule is CCC(CC)NC(=O)C(C)Oc1cc(C)sc1C(=O)O. The molecule has 0 aromatic carbocycles. The number of nitrogens with one attached hydrogen (secondary N) is 1. The van der Waals surface area contributed by atoms with Gasteiger partial charge in [0.25, 0.3) is 5.91 Å². The highest BCUT2D eigenvalue weighted by Crippen LogP contribution is 2.29. The Balaban J connectivity index is 2.73. The van der Waals surface area contributed by atoms with Gasteiger partial charge < -0.3 is 15.2 Å². The van der Waals surface area contributed by atoms with Crippen LogP contribution in [0.15, 0.2) is 6.07 Å². The fourth-order valence-corrected chi connectivity index (χ4v) is 2.57. The lowest BCUT2D eigenvalue weighted by molar-refractivity contribution is -0.128. The maximum absolute atomic E-state index is 12.0. The van der Waals surface area contributed by atoms with Gasteiger partial charge in [0.1, 0.15) is 5.75 Å². The summed E-state index contributed by atoms with van der Waals surface area (Å²) in [4.78, 5) is 24.0. The fraction of sp³-hybridized carbons (Fsp3) is 0.571. The van der Waals surface area contributed by atoms with Crippen LogP contribution in [0.1, 0.15) is 48.2 Å². The first-order valence-electron chi connectivity index (χ1n) is 6.69. The van der Waals surface area contributed by atoms with Crippen LogP contribution in [0.2, 0.25) is 0 Å². The number of carbonyl (C=O) groups is 2. The number of carboxylic acid groups (broad SMARTS) is 1. The number of aromatic carboxylic acids is 1. The molecule has 0 aliphatic rings. The van der Waals surface area contributed by atoms with Gasteiger partial charge in [0.05, 0.1) is 0 Å². The van der Waals surface area contributed by atoms with Crippen LogP contribution in [0.3, 0.4) is 0 Å². The molecule has 2 N–H and O–H groups in total. The van der Waals surface area contributed by atoms with Crippen molar-refractivity contribution in [1.29, 1.82) is 0 Å². The number of thiophene rings is 1. The van der Waals surface area contributed by atoms with Gasteiger partial charge in [0.2, 0.25) is 0 Å². The van der Waals surface area contributed by atoms with Crippen molar-refractivity contribution in [2.45, 2.75) is 52.7 Å². The van der Waals surface area contributed by atoms with E-state index in [9.17, 15) is 9.59 Å². The Hall–Kier alpha value is -1.56. The number of carbonyl (C=O) groups excluding carboxylic acids is 1. The summed E-state index contributed by atoms with van der Waals surface area (Å²) in [5.74, 6) is -1.00. The molecule has 112 valence electrons. The Morgan fingerprint density at radius 3 is 2.50 bits per heavy atom. The second-order valence-corrected chi connectivity index (χ2v) is 5.89. The molecule has 5 nitrogen and oxygen atoms in total. The number of hydrogen-bond donors (Lipinski definition) is 2. The third kappa shape index (κ3) is 4.23. The molecule has 0 aliphatic carbocycles. The second-order valence-electron chi connectivity index (χ2n) is 4.64. The molecule has 0 aliphatic heterocycles. The summed E-state index contributed by atoms with van der Waals surface area (Å²) in [7, 11) is 0. The maximum atomic E-state index is 12.0. The number of amides is 1. The van der Waals surface area contributed by atoms with Crippen LogP contribution < -0.4 is 10.1 Å². The number of ether oxygens (including phenoxy) is 1. The molecule has 1 aromatic rings. The first kappa shape index (κ1) is 16.5. The van der Waals surface area contributed by atoms with E-state index in [1.807, 2.05) is 13.8 Å². The average Bonchev–Trinajstić information content (AvgIpc) is 2.76. The topological polar surface area (TPSA) is 75.6 Å². The van der Waals surface area contributed by atoms with Gasteiger partial charge in [-0.2, -0.15) is 0 Å². The Morgan fingerprint density at radius 1 is 1.40 bits per heavy atom.